The Morgan fingerprint density at radius 1 is 1.10 bits per heavy atom. The van der Waals surface area contributed by atoms with Gasteiger partial charge in [0.15, 0.2) is 0 Å². The molecule has 10 heteroatoms. The summed E-state index contributed by atoms with van der Waals surface area (Å²) in [5.74, 6) is 1.01. The van der Waals surface area contributed by atoms with Crippen molar-refractivity contribution in [3.63, 3.8) is 0 Å². The Labute approximate surface area is 190 Å². The van der Waals surface area contributed by atoms with Gasteiger partial charge in [-0.1, -0.05) is 46.9 Å². The molecule has 1 N–H and O–H groups in total. The van der Waals surface area contributed by atoms with Gasteiger partial charge in [0.2, 0.25) is 15.9 Å². The van der Waals surface area contributed by atoms with Crippen LogP contribution in [0.5, 0.6) is 0 Å². The van der Waals surface area contributed by atoms with E-state index in [0.717, 1.165) is 21.9 Å². The topological polar surface area (TPSA) is 66.5 Å². The molecule has 2 aromatic carbocycles. The summed E-state index contributed by atoms with van der Waals surface area (Å²) in [6.07, 6.45) is 1.06. The zero-order valence-corrected chi connectivity index (χ0v) is 19.8. The average molecular weight is 496 g/mol. The summed E-state index contributed by atoms with van der Waals surface area (Å²) in [6.45, 7) is 1.82. The van der Waals surface area contributed by atoms with Crippen molar-refractivity contribution in [1.29, 1.82) is 0 Å². The Balaban J connectivity index is 1.87. The molecule has 0 atom stereocenters. The number of anilines is 1. The Morgan fingerprint density at radius 2 is 1.83 bits per heavy atom. The average Bonchev–Trinajstić information content (AvgIpc) is 2.64. The number of carbonyl (C=O) groups is 1. The van der Waals surface area contributed by atoms with E-state index in [2.05, 4.69) is 5.32 Å². The summed E-state index contributed by atoms with van der Waals surface area (Å²) < 4.78 is 25.4. The summed E-state index contributed by atoms with van der Waals surface area (Å²) in [5.41, 5.74) is 2.03. The molecule has 29 heavy (non-hydrogen) atoms. The van der Waals surface area contributed by atoms with E-state index in [1.54, 1.807) is 43.0 Å². The van der Waals surface area contributed by atoms with Crippen molar-refractivity contribution in [2.45, 2.75) is 12.7 Å². The summed E-state index contributed by atoms with van der Waals surface area (Å²) in [4.78, 5) is 12.3. The molecular formula is C19H21Cl3N2O3S2. The van der Waals surface area contributed by atoms with E-state index in [-0.39, 0.29) is 12.5 Å². The summed E-state index contributed by atoms with van der Waals surface area (Å²) >= 11 is 19.6. The molecule has 0 saturated heterocycles. The third-order valence-corrected chi connectivity index (χ3v) is 7.32. The maximum absolute atomic E-state index is 12.3. The number of nitrogens with one attached hydrogen (secondary N) is 1. The highest BCUT2D eigenvalue weighted by Crippen LogP contribution is 2.28. The van der Waals surface area contributed by atoms with Crippen LogP contribution in [0.4, 0.5) is 5.69 Å². The van der Waals surface area contributed by atoms with Gasteiger partial charge in [0, 0.05) is 23.1 Å². The minimum Gasteiger partial charge on any atom is -0.354 e. The minimum atomic E-state index is -3.65. The van der Waals surface area contributed by atoms with Crippen molar-refractivity contribution in [1.82, 2.24) is 5.32 Å². The molecule has 1 amide bonds. The molecule has 0 saturated carbocycles. The van der Waals surface area contributed by atoms with Crippen LogP contribution in [-0.4, -0.2) is 39.4 Å². The highest BCUT2D eigenvalue weighted by molar-refractivity contribution is 7.98. The highest BCUT2D eigenvalue weighted by atomic mass is 35.5. The molecule has 5 nitrogen and oxygen atoms in total. The molecule has 2 rings (SSSR count). The number of amides is 1. The fourth-order valence-corrected chi connectivity index (χ4v) is 4.72. The molecule has 0 aliphatic heterocycles. The molecule has 0 unspecified atom stereocenters. The van der Waals surface area contributed by atoms with Crippen LogP contribution >= 0.6 is 46.6 Å². The van der Waals surface area contributed by atoms with Gasteiger partial charge in [0.05, 0.1) is 22.0 Å². The van der Waals surface area contributed by atoms with Crippen LogP contribution in [0.1, 0.15) is 11.1 Å². The number of hydrogen-bond acceptors (Lipinski definition) is 4. The third-order valence-electron chi connectivity index (χ3n) is 4.02. The number of hydrogen-bond donors (Lipinski definition) is 1. The van der Waals surface area contributed by atoms with Crippen molar-refractivity contribution in [2.24, 2.45) is 0 Å². The highest BCUT2D eigenvalue weighted by Gasteiger charge is 2.22. The Bertz CT molecular complexity index is 985. The van der Waals surface area contributed by atoms with Gasteiger partial charge < -0.3 is 5.32 Å². The minimum absolute atomic E-state index is 0.308. The number of carbonyl (C=O) groups excluding carboxylic acids is 1. The second-order valence-corrected chi connectivity index (χ2v) is 10.5. The number of sulfonamides is 1. The maximum atomic E-state index is 12.3. The predicted octanol–water partition coefficient (Wildman–Crippen LogP) is 4.77. The summed E-state index contributed by atoms with van der Waals surface area (Å²) in [6, 6.07) is 10.4. The number of nitrogens with zero attached hydrogens (tertiary/aromatic N) is 1. The van der Waals surface area contributed by atoms with Crippen molar-refractivity contribution in [3.8, 4) is 0 Å². The van der Waals surface area contributed by atoms with Gasteiger partial charge in [-0.2, -0.15) is 11.8 Å². The van der Waals surface area contributed by atoms with Crippen LogP contribution in [-0.2, 0) is 20.6 Å². The van der Waals surface area contributed by atoms with Gasteiger partial charge in [0.25, 0.3) is 0 Å². The second kappa shape index (κ2) is 10.8. The molecule has 0 aromatic heterocycles. The monoisotopic (exact) mass is 494 g/mol. The molecule has 0 fully saturated rings. The molecule has 0 bridgehead atoms. The van der Waals surface area contributed by atoms with E-state index in [0.29, 0.717) is 38.6 Å². The van der Waals surface area contributed by atoms with E-state index in [1.165, 1.54) is 0 Å². The van der Waals surface area contributed by atoms with E-state index in [1.807, 2.05) is 12.1 Å². The lowest BCUT2D eigenvalue weighted by atomic mass is 10.2. The molecule has 158 valence electrons. The van der Waals surface area contributed by atoms with Crippen LogP contribution in [0.15, 0.2) is 36.4 Å². The number of benzene rings is 2. The van der Waals surface area contributed by atoms with Gasteiger partial charge in [0.1, 0.15) is 6.54 Å². The Hall–Kier alpha value is -1.12. The quantitative estimate of drug-likeness (QED) is 0.509. The normalized spacial score (nSPS) is 11.3. The van der Waals surface area contributed by atoms with Gasteiger partial charge in [-0.25, -0.2) is 8.42 Å². The van der Waals surface area contributed by atoms with Crippen molar-refractivity contribution in [2.75, 3.05) is 29.4 Å². The second-order valence-electron chi connectivity index (χ2n) is 6.30. The van der Waals surface area contributed by atoms with Crippen LogP contribution < -0.4 is 9.62 Å². The van der Waals surface area contributed by atoms with E-state index >= 15 is 0 Å². The molecule has 2 aromatic rings. The zero-order valence-electron chi connectivity index (χ0n) is 15.9. The Kier molecular flexibility index (Phi) is 8.97. The van der Waals surface area contributed by atoms with Crippen LogP contribution in [0, 0.1) is 6.92 Å². The number of rotatable bonds is 9. The molecule has 0 aliphatic carbocycles. The fraction of sp³-hybridized carbons (Fsp3) is 0.316. The standard InChI is InChI=1S/C19H21Cl3N2O3S2/c1-13-15(20)4-3-5-18(13)24(29(2,26)27)11-19(25)23-8-9-28-12-14-6-7-16(21)17(22)10-14/h3-7,10H,8-9,11-12H2,1-2H3,(H,23,25). The van der Waals surface area contributed by atoms with Crippen LogP contribution in [0.2, 0.25) is 15.1 Å². The van der Waals surface area contributed by atoms with Gasteiger partial charge >= 0.3 is 0 Å². The SMILES string of the molecule is Cc1c(Cl)cccc1N(CC(=O)NCCSCc1ccc(Cl)c(Cl)c1)S(C)(=O)=O. The molecule has 0 radical (unpaired) electrons. The van der Waals surface area contributed by atoms with E-state index < -0.39 is 10.0 Å². The van der Waals surface area contributed by atoms with Crippen molar-refractivity contribution in [3.05, 3.63) is 62.6 Å². The van der Waals surface area contributed by atoms with E-state index in [4.69, 9.17) is 34.8 Å². The molecule has 0 heterocycles. The fourth-order valence-electron chi connectivity index (χ4n) is 2.52. The number of thioether (sulfide) groups is 1. The number of halogens is 3. The summed E-state index contributed by atoms with van der Waals surface area (Å²) in [7, 11) is -3.65. The Morgan fingerprint density at radius 3 is 2.48 bits per heavy atom. The van der Waals surface area contributed by atoms with Gasteiger partial charge in [-0.05, 0) is 42.3 Å². The first-order valence-electron chi connectivity index (χ1n) is 8.61. The largest absolute Gasteiger partial charge is 0.354 e. The third kappa shape index (κ3) is 7.26. The smallest absolute Gasteiger partial charge is 0.240 e. The van der Waals surface area contributed by atoms with Crippen molar-refractivity contribution >= 4 is 68.2 Å². The van der Waals surface area contributed by atoms with Crippen LogP contribution in [0.3, 0.4) is 0 Å². The first kappa shape index (κ1) is 24.2. The zero-order chi connectivity index (χ0) is 21.6. The molecular weight excluding hydrogens is 475 g/mol. The first-order valence-corrected chi connectivity index (χ1v) is 12.7. The summed E-state index contributed by atoms with van der Waals surface area (Å²) in [5, 5.41) is 4.21. The van der Waals surface area contributed by atoms with Gasteiger partial charge in [-0.15, -0.1) is 0 Å². The maximum Gasteiger partial charge on any atom is 0.240 e. The lowest BCUT2D eigenvalue weighted by Gasteiger charge is -2.24. The molecule has 0 aliphatic rings. The molecule has 0 spiro atoms. The van der Waals surface area contributed by atoms with E-state index in [9.17, 15) is 13.2 Å². The van der Waals surface area contributed by atoms with Crippen molar-refractivity contribution < 1.29 is 13.2 Å². The van der Waals surface area contributed by atoms with Crippen LogP contribution in [0.25, 0.3) is 0 Å². The van der Waals surface area contributed by atoms with Gasteiger partial charge in [-0.3, -0.25) is 9.10 Å². The lowest BCUT2D eigenvalue weighted by Crippen LogP contribution is -2.41. The first-order chi connectivity index (χ1) is 13.6. The predicted molar refractivity (Wildman–Crippen MR) is 124 cm³/mol. The lowest BCUT2D eigenvalue weighted by molar-refractivity contribution is -0.119.